The van der Waals surface area contributed by atoms with Gasteiger partial charge in [-0.1, -0.05) is 194 Å². The van der Waals surface area contributed by atoms with Crippen LogP contribution in [0.4, 0.5) is 23.8 Å². The minimum atomic E-state index is -0.297. The van der Waals surface area contributed by atoms with Crippen LogP contribution in [0.2, 0.25) is 0 Å². The van der Waals surface area contributed by atoms with Gasteiger partial charge in [0.25, 0.3) is 0 Å². The smallest absolute Gasteiger partial charge is 0.858 e. The summed E-state index contributed by atoms with van der Waals surface area (Å²) in [5.74, 6) is 0.330. The van der Waals surface area contributed by atoms with Crippen LogP contribution in [-0.4, -0.2) is 61.8 Å². The molecule has 82 heavy (non-hydrogen) atoms. The molecule has 16 nitrogen and oxygen atoms in total. The molecule has 0 fully saturated rings. The van der Waals surface area contributed by atoms with E-state index in [2.05, 4.69) is 39.9 Å². The van der Waals surface area contributed by atoms with Crippen molar-refractivity contribution in [3.05, 3.63) is 314 Å². The number of para-hydroxylation sites is 4. The molecule has 0 bridgehead atoms. The average Bonchev–Trinajstić information content (AvgIpc) is 4.43. The van der Waals surface area contributed by atoms with Crippen molar-refractivity contribution in [2.45, 2.75) is 0 Å². The molecule has 0 saturated heterocycles. The average molecular weight is 1170 g/mol. The van der Waals surface area contributed by atoms with Gasteiger partial charge < -0.3 is 20.4 Å². The Bertz CT molecular complexity index is 3400. The molecule has 0 spiro atoms. The molecule has 0 saturated carbocycles. The van der Waals surface area contributed by atoms with Crippen LogP contribution in [0.5, 0.6) is 0 Å². The van der Waals surface area contributed by atoms with E-state index in [0.717, 1.165) is 22.7 Å². The Morgan fingerprint density at radius 1 is 0.244 bits per heavy atom. The maximum absolute atomic E-state index is 12.1. The normalized spacial score (nSPS) is 11.2. The Kier molecular flexibility index (Phi) is 22.0. The summed E-state index contributed by atoms with van der Waals surface area (Å²) >= 11 is 0. The van der Waals surface area contributed by atoms with Crippen LogP contribution < -0.4 is 20.4 Å². The molecule has 408 valence electrons. The van der Waals surface area contributed by atoms with Crippen LogP contribution in [0.15, 0.2) is 312 Å². The summed E-state index contributed by atoms with van der Waals surface area (Å²) in [6, 6.07) is 74.5. The Morgan fingerprint density at radius 2 is 0.402 bits per heavy atom. The van der Waals surface area contributed by atoms with Crippen molar-refractivity contribution in [1.29, 1.82) is 0 Å². The maximum Gasteiger partial charge on any atom is 2.00 e. The molecule has 0 aliphatic carbocycles. The van der Waals surface area contributed by atoms with Gasteiger partial charge in [0.2, 0.25) is 23.8 Å². The van der Waals surface area contributed by atoms with Crippen LogP contribution in [0.1, 0.15) is 22.3 Å². The topological polar surface area (TPSA) is 213 Å². The number of rotatable bonds is 12. The number of aromatic nitrogens is 8. The van der Waals surface area contributed by atoms with E-state index in [1.807, 2.05) is 194 Å². The molecule has 0 aliphatic heterocycles. The third-order valence-electron chi connectivity index (χ3n) is 11.5. The van der Waals surface area contributed by atoms with E-state index >= 15 is 0 Å². The van der Waals surface area contributed by atoms with Crippen molar-refractivity contribution in [1.82, 2.24) is 38.2 Å². The summed E-state index contributed by atoms with van der Waals surface area (Å²) in [6.45, 7) is 0. The quantitative estimate of drug-likeness (QED) is 0.0652. The number of hydrogen-bond donors (Lipinski definition) is 0. The fourth-order valence-corrected chi connectivity index (χ4v) is 7.62. The van der Waals surface area contributed by atoms with E-state index in [9.17, 15) is 20.4 Å². The standard InChI is InChI=1S/4C16H13N3O.2Ni/c4*20-15(13-7-3-1-4-8-13)18-16-17-11-12-19(16)14-9-5-2-6-10-14;;/h4*1-12H,(H,17,18,20);;/q;;;;2*+2/p-4. The molecule has 0 unspecified atom stereocenters. The number of imidazole rings is 4. The van der Waals surface area contributed by atoms with Crippen molar-refractivity contribution in [3.8, 4) is 22.7 Å². The molecule has 4 aromatic heterocycles. The zero-order valence-corrected chi connectivity index (χ0v) is 45.3. The Hall–Kier alpha value is -10.5. The van der Waals surface area contributed by atoms with Crippen molar-refractivity contribution in [2.75, 3.05) is 0 Å². The summed E-state index contributed by atoms with van der Waals surface area (Å²) in [5, 5.41) is 48.3. The predicted octanol–water partition coefficient (Wildman–Crippen LogP) is 9.24. The molecule has 0 aliphatic rings. The maximum atomic E-state index is 12.1. The minimum absolute atomic E-state index is 0. The molecule has 0 N–H and O–H groups in total. The first-order chi connectivity index (χ1) is 39.4. The van der Waals surface area contributed by atoms with Gasteiger partial charge in [-0.15, -0.1) is 0 Å². The van der Waals surface area contributed by atoms with E-state index in [-0.39, 0.29) is 56.6 Å². The molecule has 12 aromatic rings. The fourth-order valence-electron chi connectivity index (χ4n) is 7.62. The molecule has 0 amide bonds. The predicted molar refractivity (Wildman–Crippen MR) is 305 cm³/mol. The summed E-state index contributed by atoms with van der Waals surface area (Å²) < 4.78 is 7.11. The summed E-state index contributed by atoms with van der Waals surface area (Å²) in [4.78, 5) is 32.8. The Labute approximate surface area is 493 Å². The van der Waals surface area contributed by atoms with Crippen molar-refractivity contribution < 1.29 is 53.4 Å². The first-order valence-corrected chi connectivity index (χ1v) is 25.0. The van der Waals surface area contributed by atoms with Gasteiger partial charge in [-0.05, 0) is 94.4 Å². The van der Waals surface area contributed by atoms with Crippen LogP contribution in [0.3, 0.4) is 0 Å². The monoisotopic (exact) mass is 1160 g/mol. The van der Waals surface area contributed by atoms with E-state index in [1.165, 1.54) is 0 Å². The second-order valence-corrected chi connectivity index (χ2v) is 16.9. The summed E-state index contributed by atoms with van der Waals surface area (Å²) in [5.41, 5.74) is 5.89. The van der Waals surface area contributed by atoms with Crippen LogP contribution in [0, 0.1) is 0 Å². The van der Waals surface area contributed by atoms with Crippen LogP contribution in [-0.2, 0) is 33.0 Å². The summed E-state index contributed by atoms with van der Waals surface area (Å²) in [7, 11) is 0. The van der Waals surface area contributed by atoms with E-state index in [4.69, 9.17) is 0 Å². The van der Waals surface area contributed by atoms with E-state index in [0.29, 0.717) is 46.0 Å². The van der Waals surface area contributed by atoms with E-state index in [1.54, 1.807) is 116 Å². The third kappa shape index (κ3) is 16.3. The van der Waals surface area contributed by atoms with Gasteiger partial charge in [-0.25, -0.2) is 39.9 Å². The first kappa shape index (κ1) is 59.1. The molecule has 18 heteroatoms. The van der Waals surface area contributed by atoms with Crippen molar-refractivity contribution in [2.24, 2.45) is 20.0 Å². The van der Waals surface area contributed by atoms with Crippen LogP contribution in [0.25, 0.3) is 22.7 Å². The fraction of sp³-hybridized carbons (Fsp3) is 0. The second-order valence-electron chi connectivity index (χ2n) is 16.9. The van der Waals surface area contributed by atoms with Gasteiger partial charge >= 0.3 is 33.0 Å². The number of benzene rings is 8. The second kappa shape index (κ2) is 30.6. The van der Waals surface area contributed by atoms with Gasteiger partial charge in [-0.3, -0.25) is 18.3 Å². The Balaban J connectivity index is 0.000000156. The van der Waals surface area contributed by atoms with Gasteiger partial charge in [-0.2, -0.15) is 0 Å². The van der Waals surface area contributed by atoms with E-state index < -0.39 is 0 Å². The van der Waals surface area contributed by atoms with Gasteiger partial charge in [0.1, 0.15) is 0 Å². The van der Waals surface area contributed by atoms with Crippen molar-refractivity contribution >= 4 is 47.4 Å². The minimum Gasteiger partial charge on any atom is -0.858 e. The largest absolute Gasteiger partial charge is 2.00 e. The molecular formula is C64H48N12Ni2O4. The van der Waals surface area contributed by atoms with Gasteiger partial charge in [0.15, 0.2) is 0 Å². The molecule has 4 heterocycles. The molecule has 8 aromatic carbocycles. The number of nitrogens with zero attached hydrogens (tertiary/aromatic N) is 12. The molecule has 12 rings (SSSR count). The first-order valence-electron chi connectivity index (χ1n) is 25.0. The number of aliphatic imine (C=N–C) groups is 4. The molecule has 0 radical (unpaired) electrons. The molecular weight excluding hydrogens is 1120 g/mol. The van der Waals surface area contributed by atoms with Crippen molar-refractivity contribution in [3.63, 3.8) is 0 Å². The van der Waals surface area contributed by atoms with Gasteiger partial charge in [0, 0.05) is 72.3 Å². The zero-order chi connectivity index (χ0) is 55.1. The SMILES string of the molecule is [Ni+2].[Ni+2].[O-]/C(=N\c1nccn1-c1ccccc1)c1ccccc1.[O-]/C(=N\c1nccn1-c1ccccc1)c1ccccc1.[O-]/C(=N\c1nccn1-c1ccccc1)c1ccccc1.[O-]/C(=N\c1nccn1-c1ccccc1)c1ccccc1. The van der Waals surface area contributed by atoms with Gasteiger partial charge in [0.05, 0.1) is 0 Å². The third-order valence-corrected chi connectivity index (χ3v) is 11.5. The zero-order valence-electron chi connectivity index (χ0n) is 43.3. The number of hydrogen-bond acceptors (Lipinski definition) is 12. The molecule has 0 atom stereocenters. The van der Waals surface area contributed by atoms with Crippen LogP contribution >= 0.6 is 0 Å². The Morgan fingerprint density at radius 3 is 0.573 bits per heavy atom. The summed E-state index contributed by atoms with van der Waals surface area (Å²) in [6.07, 6.45) is 13.7.